The van der Waals surface area contributed by atoms with Gasteiger partial charge in [-0.05, 0) is 20.3 Å². The number of hydrogen-bond donors (Lipinski definition) is 1. The van der Waals surface area contributed by atoms with Crippen molar-refractivity contribution in [2.24, 2.45) is 0 Å². The highest BCUT2D eigenvalue weighted by atomic mass is 16.5. The summed E-state index contributed by atoms with van der Waals surface area (Å²) in [5.41, 5.74) is 0. The number of methoxy groups -OCH3 is 1. The minimum Gasteiger partial charge on any atom is -0.380 e. The molecule has 1 N–H and O–H groups in total. The van der Waals surface area contributed by atoms with Gasteiger partial charge >= 0.3 is 0 Å². The van der Waals surface area contributed by atoms with Crippen LogP contribution in [0.3, 0.4) is 0 Å². The fraction of sp³-hybridized carbons (Fsp3) is 0.909. The van der Waals surface area contributed by atoms with Gasteiger partial charge in [0.1, 0.15) is 0 Å². The molecular formula is C11H22N2O2. The van der Waals surface area contributed by atoms with Crippen LogP contribution in [0.2, 0.25) is 0 Å². The van der Waals surface area contributed by atoms with E-state index in [2.05, 4.69) is 19.2 Å². The topological polar surface area (TPSA) is 41.6 Å². The van der Waals surface area contributed by atoms with Crippen LogP contribution in [-0.4, -0.2) is 49.7 Å². The zero-order valence-electron chi connectivity index (χ0n) is 10.1. The van der Waals surface area contributed by atoms with Crippen LogP contribution in [0.4, 0.5) is 0 Å². The first-order chi connectivity index (χ1) is 7.04. The highest BCUT2D eigenvalue weighted by Crippen LogP contribution is 2.11. The van der Waals surface area contributed by atoms with Crippen LogP contribution in [0, 0.1) is 0 Å². The predicted molar refractivity (Wildman–Crippen MR) is 59.7 cm³/mol. The fourth-order valence-corrected chi connectivity index (χ4v) is 1.86. The Balaban J connectivity index is 2.36. The quantitative estimate of drug-likeness (QED) is 0.746. The SMILES string of the molecule is COC(C)C(C)NC1CCC(=O)N(C)C1. The molecule has 0 aliphatic carbocycles. The summed E-state index contributed by atoms with van der Waals surface area (Å²) in [7, 11) is 3.58. The van der Waals surface area contributed by atoms with E-state index in [-0.39, 0.29) is 12.0 Å². The van der Waals surface area contributed by atoms with Crippen LogP contribution >= 0.6 is 0 Å². The van der Waals surface area contributed by atoms with Gasteiger partial charge in [-0.25, -0.2) is 0 Å². The van der Waals surface area contributed by atoms with E-state index in [0.717, 1.165) is 13.0 Å². The summed E-state index contributed by atoms with van der Waals surface area (Å²) in [6.45, 7) is 4.97. The van der Waals surface area contributed by atoms with Crippen molar-refractivity contribution < 1.29 is 9.53 Å². The van der Waals surface area contributed by atoms with Gasteiger partial charge in [0.25, 0.3) is 0 Å². The molecule has 0 bridgehead atoms. The van der Waals surface area contributed by atoms with E-state index in [1.807, 2.05) is 7.05 Å². The minimum absolute atomic E-state index is 0.202. The third kappa shape index (κ3) is 3.47. The largest absolute Gasteiger partial charge is 0.380 e. The first kappa shape index (κ1) is 12.5. The molecule has 4 heteroatoms. The van der Waals surface area contributed by atoms with E-state index in [1.54, 1.807) is 12.0 Å². The van der Waals surface area contributed by atoms with E-state index in [9.17, 15) is 4.79 Å². The Morgan fingerprint density at radius 1 is 1.53 bits per heavy atom. The molecule has 1 fully saturated rings. The molecule has 1 aliphatic rings. The normalized spacial score (nSPS) is 26.5. The van der Waals surface area contributed by atoms with Crippen molar-refractivity contribution in [3.05, 3.63) is 0 Å². The number of nitrogens with zero attached hydrogens (tertiary/aromatic N) is 1. The predicted octanol–water partition coefficient (Wildman–Crippen LogP) is 0.620. The summed E-state index contributed by atoms with van der Waals surface area (Å²) >= 11 is 0. The van der Waals surface area contributed by atoms with Crippen molar-refractivity contribution in [3.8, 4) is 0 Å². The Morgan fingerprint density at radius 3 is 2.73 bits per heavy atom. The van der Waals surface area contributed by atoms with Gasteiger partial charge in [0.2, 0.25) is 5.91 Å². The summed E-state index contributed by atoms with van der Waals surface area (Å²) in [5, 5.41) is 3.50. The average Bonchev–Trinajstić information content (AvgIpc) is 2.22. The number of ether oxygens (including phenoxy) is 1. The number of piperidine rings is 1. The second kappa shape index (κ2) is 5.47. The molecule has 4 nitrogen and oxygen atoms in total. The molecule has 15 heavy (non-hydrogen) atoms. The molecule has 1 saturated heterocycles. The van der Waals surface area contributed by atoms with Gasteiger partial charge in [-0.3, -0.25) is 4.79 Å². The van der Waals surface area contributed by atoms with Crippen molar-refractivity contribution in [1.82, 2.24) is 10.2 Å². The van der Waals surface area contributed by atoms with Gasteiger partial charge in [0, 0.05) is 39.2 Å². The monoisotopic (exact) mass is 214 g/mol. The molecule has 1 heterocycles. The molecule has 1 rings (SSSR count). The number of carbonyl (C=O) groups excluding carboxylic acids is 1. The highest BCUT2D eigenvalue weighted by molar-refractivity contribution is 5.76. The van der Waals surface area contributed by atoms with E-state index in [0.29, 0.717) is 18.5 Å². The molecule has 0 saturated carbocycles. The maximum atomic E-state index is 11.3. The van der Waals surface area contributed by atoms with Crippen molar-refractivity contribution in [2.45, 2.75) is 44.9 Å². The van der Waals surface area contributed by atoms with E-state index < -0.39 is 0 Å². The number of hydrogen-bond acceptors (Lipinski definition) is 3. The molecular weight excluding hydrogens is 192 g/mol. The van der Waals surface area contributed by atoms with Crippen LogP contribution < -0.4 is 5.32 Å². The van der Waals surface area contributed by atoms with Crippen LogP contribution in [0.1, 0.15) is 26.7 Å². The molecule has 1 aliphatic heterocycles. The second-order valence-electron chi connectivity index (χ2n) is 4.41. The number of rotatable bonds is 4. The lowest BCUT2D eigenvalue weighted by Gasteiger charge is -2.33. The van der Waals surface area contributed by atoms with Crippen molar-refractivity contribution >= 4 is 5.91 Å². The zero-order chi connectivity index (χ0) is 11.4. The molecule has 0 aromatic carbocycles. The standard InChI is InChI=1S/C11H22N2O2/c1-8(9(2)15-4)12-10-5-6-11(14)13(3)7-10/h8-10,12H,5-7H2,1-4H3. The van der Waals surface area contributed by atoms with E-state index in [4.69, 9.17) is 4.74 Å². The number of carbonyl (C=O) groups is 1. The molecule has 88 valence electrons. The molecule has 3 atom stereocenters. The summed E-state index contributed by atoms with van der Waals surface area (Å²) in [6.07, 6.45) is 1.79. The van der Waals surface area contributed by atoms with Gasteiger partial charge in [0.15, 0.2) is 0 Å². The van der Waals surface area contributed by atoms with Crippen LogP contribution in [0.5, 0.6) is 0 Å². The van der Waals surface area contributed by atoms with Gasteiger partial charge in [-0.2, -0.15) is 0 Å². The van der Waals surface area contributed by atoms with E-state index >= 15 is 0 Å². The smallest absolute Gasteiger partial charge is 0.222 e. The second-order valence-corrected chi connectivity index (χ2v) is 4.41. The molecule has 1 amide bonds. The van der Waals surface area contributed by atoms with Crippen LogP contribution in [-0.2, 0) is 9.53 Å². The molecule has 0 spiro atoms. The van der Waals surface area contributed by atoms with Gasteiger partial charge in [-0.15, -0.1) is 0 Å². The zero-order valence-corrected chi connectivity index (χ0v) is 10.1. The van der Waals surface area contributed by atoms with Crippen LogP contribution in [0.15, 0.2) is 0 Å². The summed E-state index contributed by atoms with van der Waals surface area (Å²) < 4.78 is 5.26. The van der Waals surface area contributed by atoms with Crippen molar-refractivity contribution in [3.63, 3.8) is 0 Å². The third-order valence-corrected chi connectivity index (χ3v) is 3.20. The highest BCUT2D eigenvalue weighted by Gasteiger charge is 2.24. The molecule has 0 aromatic rings. The van der Waals surface area contributed by atoms with Crippen LogP contribution in [0.25, 0.3) is 0 Å². The first-order valence-corrected chi connectivity index (χ1v) is 5.57. The van der Waals surface area contributed by atoms with E-state index in [1.165, 1.54) is 0 Å². The Kier molecular flexibility index (Phi) is 4.54. The molecule has 0 radical (unpaired) electrons. The molecule has 0 aromatic heterocycles. The van der Waals surface area contributed by atoms with Gasteiger partial charge in [0.05, 0.1) is 6.10 Å². The maximum Gasteiger partial charge on any atom is 0.222 e. The average molecular weight is 214 g/mol. The Morgan fingerprint density at radius 2 is 2.20 bits per heavy atom. The van der Waals surface area contributed by atoms with Crippen molar-refractivity contribution in [1.29, 1.82) is 0 Å². The fourth-order valence-electron chi connectivity index (χ4n) is 1.86. The van der Waals surface area contributed by atoms with Crippen molar-refractivity contribution in [2.75, 3.05) is 20.7 Å². The maximum absolute atomic E-state index is 11.3. The third-order valence-electron chi connectivity index (χ3n) is 3.20. The Bertz CT molecular complexity index is 221. The molecule has 3 unspecified atom stereocenters. The summed E-state index contributed by atoms with van der Waals surface area (Å²) in [5.74, 6) is 0.250. The summed E-state index contributed by atoms with van der Waals surface area (Å²) in [6, 6.07) is 0.724. The lowest BCUT2D eigenvalue weighted by atomic mass is 10.0. The lowest BCUT2D eigenvalue weighted by molar-refractivity contribution is -0.132. The first-order valence-electron chi connectivity index (χ1n) is 5.57. The van der Waals surface area contributed by atoms with Gasteiger partial charge in [-0.1, -0.05) is 0 Å². The summed E-state index contributed by atoms with van der Waals surface area (Å²) in [4.78, 5) is 13.1. The van der Waals surface area contributed by atoms with Gasteiger partial charge < -0.3 is 15.0 Å². The Labute approximate surface area is 92.0 Å². The number of amides is 1. The minimum atomic E-state index is 0.202. The Hall–Kier alpha value is -0.610. The lowest BCUT2D eigenvalue weighted by Crippen LogP contribution is -2.51. The number of likely N-dealkylation sites (N-methyl/N-ethyl adjacent to an activating group) is 1. The number of nitrogens with one attached hydrogen (secondary N) is 1. The number of likely N-dealkylation sites (tertiary alicyclic amines) is 1.